The summed E-state index contributed by atoms with van der Waals surface area (Å²) in [7, 11) is 1.67. The van der Waals surface area contributed by atoms with Gasteiger partial charge >= 0.3 is 0 Å². The molecule has 0 aromatic carbocycles. The van der Waals surface area contributed by atoms with Gasteiger partial charge in [0.25, 0.3) is 0 Å². The first-order valence-corrected chi connectivity index (χ1v) is 5.71. The largest absolute Gasteiger partial charge is 0.383 e. The molecule has 1 heterocycles. The van der Waals surface area contributed by atoms with Gasteiger partial charge in [-0.05, 0) is 29.3 Å². The Morgan fingerprint density at radius 3 is 2.67 bits per heavy atom. The maximum absolute atomic E-state index is 5.78. The smallest absolute Gasteiger partial charge is 0.141 e. The predicted molar refractivity (Wildman–Crippen MR) is 63.7 cm³/mol. The van der Waals surface area contributed by atoms with E-state index in [4.69, 9.17) is 10.5 Å². The molecular weight excluding hydrogens is 258 g/mol. The fourth-order valence-electron chi connectivity index (χ4n) is 1.23. The van der Waals surface area contributed by atoms with E-state index in [1.165, 1.54) is 0 Å². The number of aryl methyl sites for hydroxylation is 1. The molecular formula is C10H16BrN3O. The van der Waals surface area contributed by atoms with Gasteiger partial charge in [0.15, 0.2) is 0 Å². The first-order chi connectivity index (χ1) is 7.08. The van der Waals surface area contributed by atoms with Gasteiger partial charge in [-0.1, -0.05) is 6.92 Å². The summed E-state index contributed by atoms with van der Waals surface area (Å²) < 4.78 is 5.97. The van der Waals surface area contributed by atoms with E-state index < -0.39 is 0 Å². The lowest BCUT2D eigenvalue weighted by molar-refractivity contribution is 0.117. The number of halogens is 1. The van der Waals surface area contributed by atoms with Crippen molar-refractivity contribution in [1.29, 1.82) is 0 Å². The van der Waals surface area contributed by atoms with Crippen LogP contribution in [-0.4, -0.2) is 23.2 Å². The Morgan fingerprint density at radius 2 is 2.13 bits per heavy atom. The van der Waals surface area contributed by atoms with Gasteiger partial charge in [-0.3, -0.25) is 0 Å². The lowest BCUT2D eigenvalue weighted by atomic mass is 10.2. The summed E-state index contributed by atoms with van der Waals surface area (Å²) in [4.78, 5) is 8.63. The minimum absolute atomic E-state index is 0.107. The molecule has 4 nitrogen and oxygen atoms in total. The SMILES string of the molecule is CCc1nc(CC(C)OC)nc(N)c1Br. The summed E-state index contributed by atoms with van der Waals surface area (Å²) in [5, 5.41) is 0. The van der Waals surface area contributed by atoms with Gasteiger partial charge in [-0.2, -0.15) is 0 Å². The van der Waals surface area contributed by atoms with Crippen molar-refractivity contribution in [2.75, 3.05) is 12.8 Å². The standard InChI is InChI=1S/C10H16BrN3O/c1-4-7-9(11)10(12)14-8(13-7)5-6(2)15-3/h6H,4-5H2,1-3H3,(H2,12,13,14). The number of nitrogens with two attached hydrogens (primary N) is 1. The van der Waals surface area contributed by atoms with Crippen LogP contribution in [-0.2, 0) is 17.6 Å². The molecule has 0 bridgehead atoms. The number of anilines is 1. The van der Waals surface area contributed by atoms with Gasteiger partial charge in [-0.25, -0.2) is 9.97 Å². The van der Waals surface area contributed by atoms with Crippen LogP contribution < -0.4 is 5.73 Å². The second kappa shape index (κ2) is 5.42. The third-order valence-electron chi connectivity index (χ3n) is 2.20. The summed E-state index contributed by atoms with van der Waals surface area (Å²) in [6.45, 7) is 4.02. The summed E-state index contributed by atoms with van der Waals surface area (Å²) in [5.74, 6) is 1.24. The van der Waals surface area contributed by atoms with Gasteiger partial charge in [0.2, 0.25) is 0 Å². The number of rotatable bonds is 4. The fourth-order valence-corrected chi connectivity index (χ4v) is 1.69. The van der Waals surface area contributed by atoms with Gasteiger partial charge in [0.1, 0.15) is 11.6 Å². The van der Waals surface area contributed by atoms with E-state index in [9.17, 15) is 0 Å². The van der Waals surface area contributed by atoms with E-state index in [2.05, 4.69) is 25.9 Å². The van der Waals surface area contributed by atoms with Crippen LogP contribution in [0, 0.1) is 0 Å². The molecule has 0 aliphatic heterocycles. The molecule has 0 amide bonds. The molecule has 1 aromatic rings. The van der Waals surface area contributed by atoms with E-state index in [0.717, 1.165) is 22.4 Å². The van der Waals surface area contributed by atoms with Crippen LogP contribution >= 0.6 is 15.9 Å². The van der Waals surface area contributed by atoms with Crippen LogP contribution in [0.1, 0.15) is 25.4 Å². The van der Waals surface area contributed by atoms with Crippen LogP contribution in [0.5, 0.6) is 0 Å². The Morgan fingerprint density at radius 1 is 1.47 bits per heavy atom. The van der Waals surface area contributed by atoms with Crippen molar-refractivity contribution in [3.8, 4) is 0 Å². The highest BCUT2D eigenvalue weighted by Crippen LogP contribution is 2.21. The average molecular weight is 274 g/mol. The summed E-state index contributed by atoms with van der Waals surface area (Å²) in [6, 6.07) is 0. The lowest BCUT2D eigenvalue weighted by Crippen LogP contribution is -2.13. The number of aromatic nitrogens is 2. The molecule has 0 fully saturated rings. The molecule has 5 heteroatoms. The van der Waals surface area contributed by atoms with Crippen LogP contribution in [0.25, 0.3) is 0 Å². The van der Waals surface area contributed by atoms with E-state index >= 15 is 0 Å². The van der Waals surface area contributed by atoms with Crippen molar-refractivity contribution in [3.63, 3.8) is 0 Å². The van der Waals surface area contributed by atoms with Gasteiger partial charge < -0.3 is 10.5 Å². The topological polar surface area (TPSA) is 61.0 Å². The molecule has 1 aromatic heterocycles. The molecule has 84 valence electrons. The zero-order chi connectivity index (χ0) is 11.4. The maximum atomic E-state index is 5.78. The zero-order valence-electron chi connectivity index (χ0n) is 9.25. The molecule has 1 rings (SSSR count). The van der Waals surface area contributed by atoms with Crippen LogP contribution in [0.4, 0.5) is 5.82 Å². The number of methoxy groups -OCH3 is 1. The van der Waals surface area contributed by atoms with Crippen LogP contribution in [0.2, 0.25) is 0 Å². The molecule has 0 radical (unpaired) electrons. The molecule has 15 heavy (non-hydrogen) atoms. The summed E-state index contributed by atoms with van der Waals surface area (Å²) in [6.07, 6.45) is 1.62. The minimum Gasteiger partial charge on any atom is -0.383 e. The van der Waals surface area contributed by atoms with Crippen molar-refractivity contribution < 1.29 is 4.74 Å². The Hall–Kier alpha value is -0.680. The molecule has 0 aliphatic rings. The van der Waals surface area contributed by atoms with Crippen molar-refractivity contribution in [1.82, 2.24) is 9.97 Å². The third-order valence-corrected chi connectivity index (χ3v) is 3.06. The van der Waals surface area contributed by atoms with Gasteiger partial charge in [-0.15, -0.1) is 0 Å². The molecule has 0 saturated carbocycles. The molecule has 1 unspecified atom stereocenters. The average Bonchev–Trinajstić information content (AvgIpc) is 2.22. The highest BCUT2D eigenvalue weighted by molar-refractivity contribution is 9.10. The minimum atomic E-state index is 0.107. The molecule has 0 spiro atoms. The summed E-state index contributed by atoms with van der Waals surface area (Å²) in [5.41, 5.74) is 6.72. The Labute approximate surface area is 98.4 Å². The first kappa shape index (κ1) is 12.4. The number of nitrogen functional groups attached to an aromatic ring is 1. The molecule has 2 N–H and O–H groups in total. The Balaban J connectivity index is 2.95. The second-order valence-corrected chi connectivity index (χ2v) is 4.18. The van der Waals surface area contributed by atoms with Crippen molar-refractivity contribution >= 4 is 21.7 Å². The molecule has 0 saturated heterocycles. The quantitative estimate of drug-likeness (QED) is 0.911. The normalized spacial score (nSPS) is 12.8. The number of hydrogen-bond donors (Lipinski definition) is 1. The Bertz CT molecular complexity index is 344. The van der Waals surface area contributed by atoms with Crippen molar-refractivity contribution in [3.05, 3.63) is 16.0 Å². The maximum Gasteiger partial charge on any atom is 0.141 e. The molecule has 0 aliphatic carbocycles. The predicted octanol–water partition coefficient (Wildman–Crippen LogP) is 1.96. The number of ether oxygens (including phenoxy) is 1. The van der Waals surface area contributed by atoms with E-state index in [1.807, 2.05) is 13.8 Å². The Kier molecular flexibility index (Phi) is 4.47. The van der Waals surface area contributed by atoms with Crippen LogP contribution in [0.3, 0.4) is 0 Å². The van der Waals surface area contributed by atoms with Crippen LogP contribution in [0.15, 0.2) is 4.47 Å². The van der Waals surface area contributed by atoms with Gasteiger partial charge in [0.05, 0.1) is 16.3 Å². The zero-order valence-corrected chi connectivity index (χ0v) is 10.8. The third kappa shape index (κ3) is 3.14. The highest BCUT2D eigenvalue weighted by atomic mass is 79.9. The van der Waals surface area contributed by atoms with E-state index in [0.29, 0.717) is 12.2 Å². The molecule has 1 atom stereocenters. The highest BCUT2D eigenvalue weighted by Gasteiger charge is 2.10. The van der Waals surface area contributed by atoms with E-state index in [1.54, 1.807) is 7.11 Å². The van der Waals surface area contributed by atoms with E-state index in [-0.39, 0.29) is 6.10 Å². The lowest BCUT2D eigenvalue weighted by Gasteiger charge is -2.10. The summed E-state index contributed by atoms with van der Waals surface area (Å²) >= 11 is 3.38. The van der Waals surface area contributed by atoms with Crippen molar-refractivity contribution in [2.45, 2.75) is 32.8 Å². The first-order valence-electron chi connectivity index (χ1n) is 4.92. The number of hydrogen-bond acceptors (Lipinski definition) is 4. The van der Waals surface area contributed by atoms with Gasteiger partial charge in [0, 0.05) is 13.5 Å². The second-order valence-electron chi connectivity index (χ2n) is 3.39. The fraction of sp³-hybridized carbons (Fsp3) is 0.600. The monoisotopic (exact) mass is 273 g/mol. The van der Waals surface area contributed by atoms with Crippen molar-refractivity contribution in [2.24, 2.45) is 0 Å². The number of nitrogens with zero attached hydrogens (tertiary/aromatic N) is 2.